The monoisotopic (exact) mass is 275 g/mol. The van der Waals surface area contributed by atoms with Crippen molar-refractivity contribution in [3.63, 3.8) is 0 Å². The molecule has 0 unspecified atom stereocenters. The van der Waals surface area contributed by atoms with E-state index in [1.807, 2.05) is 6.07 Å². The third-order valence-corrected chi connectivity index (χ3v) is 5.43. The van der Waals surface area contributed by atoms with Crippen LogP contribution in [-0.4, -0.2) is 11.7 Å². The fourth-order valence-corrected chi connectivity index (χ4v) is 3.40. The van der Waals surface area contributed by atoms with E-state index in [2.05, 4.69) is 32.9 Å². The second kappa shape index (κ2) is 5.77. The van der Waals surface area contributed by atoms with Crippen LogP contribution in [0.4, 0.5) is 0 Å². The molecule has 0 bridgehead atoms. The number of phenols is 1. The Morgan fingerprint density at radius 2 is 1.85 bits per heavy atom. The van der Waals surface area contributed by atoms with Crippen molar-refractivity contribution < 1.29 is 5.11 Å². The van der Waals surface area contributed by atoms with Gasteiger partial charge in [0.25, 0.3) is 0 Å². The molecule has 2 nitrogen and oxygen atoms in total. The maximum absolute atomic E-state index is 10.4. The van der Waals surface area contributed by atoms with Gasteiger partial charge in [0.15, 0.2) is 0 Å². The quantitative estimate of drug-likeness (QED) is 0.863. The van der Waals surface area contributed by atoms with E-state index in [1.54, 1.807) is 0 Å². The second-order valence-corrected chi connectivity index (χ2v) is 7.01. The number of benzene rings is 1. The lowest BCUT2D eigenvalue weighted by Gasteiger charge is -2.38. The highest BCUT2D eigenvalue weighted by Gasteiger charge is 2.35. The lowest BCUT2D eigenvalue weighted by Crippen LogP contribution is -2.37. The molecule has 112 valence electrons. The van der Waals surface area contributed by atoms with Gasteiger partial charge in [0.1, 0.15) is 5.75 Å². The van der Waals surface area contributed by atoms with Gasteiger partial charge in [-0.3, -0.25) is 0 Å². The largest absolute Gasteiger partial charge is 0.508 e. The van der Waals surface area contributed by atoms with Crippen molar-refractivity contribution in [2.24, 2.45) is 5.73 Å². The van der Waals surface area contributed by atoms with Crippen LogP contribution in [0.3, 0.4) is 0 Å². The van der Waals surface area contributed by atoms with E-state index < -0.39 is 0 Å². The molecule has 20 heavy (non-hydrogen) atoms. The molecule has 1 aliphatic rings. The van der Waals surface area contributed by atoms with Crippen molar-refractivity contribution in [2.75, 3.05) is 6.54 Å². The van der Waals surface area contributed by atoms with E-state index in [9.17, 15) is 5.11 Å². The summed E-state index contributed by atoms with van der Waals surface area (Å²) in [5.74, 6) is 0.424. The molecule has 1 fully saturated rings. The van der Waals surface area contributed by atoms with Crippen molar-refractivity contribution >= 4 is 0 Å². The molecule has 0 radical (unpaired) electrons. The van der Waals surface area contributed by atoms with Gasteiger partial charge in [0, 0.05) is 17.5 Å². The minimum Gasteiger partial charge on any atom is -0.508 e. The van der Waals surface area contributed by atoms with E-state index in [-0.39, 0.29) is 10.8 Å². The summed E-state index contributed by atoms with van der Waals surface area (Å²) in [6, 6.07) is 6.15. The number of aromatic hydroxyl groups is 1. The fraction of sp³-hybridized carbons (Fsp3) is 0.667. The molecular weight excluding hydrogens is 246 g/mol. The van der Waals surface area contributed by atoms with Gasteiger partial charge in [-0.15, -0.1) is 0 Å². The van der Waals surface area contributed by atoms with E-state index in [0.29, 0.717) is 12.3 Å². The molecule has 0 spiro atoms. The van der Waals surface area contributed by atoms with Crippen LogP contribution >= 0.6 is 0 Å². The Balaban J connectivity index is 2.47. The predicted octanol–water partition coefficient (Wildman–Crippen LogP) is 4.24. The first-order valence-electron chi connectivity index (χ1n) is 7.99. The van der Waals surface area contributed by atoms with Crippen LogP contribution in [0.15, 0.2) is 18.2 Å². The van der Waals surface area contributed by atoms with Gasteiger partial charge in [-0.2, -0.15) is 0 Å². The molecule has 0 atom stereocenters. The number of nitrogens with two attached hydrogens (primary N) is 1. The summed E-state index contributed by atoms with van der Waals surface area (Å²) in [5.41, 5.74) is 8.65. The Labute approximate surface area is 123 Å². The van der Waals surface area contributed by atoms with Crippen molar-refractivity contribution in [3.8, 4) is 5.75 Å². The first-order chi connectivity index (χ1) is 9.45. The third-order valence-electron chi connectivity index (χ3n) is 5.43. The number of hydrogen-bond acceptors (Lipinski definition) is 2. The highest BCUT2D eigenvalue weighted by atomic mass is 16.3. The van der Waals surface area contributed by atoms with E-state index in [1.165, 1.54) is 24.8 Å². The molecule has 0 aromatic heterocycles. The minimum atomic E-state index is -0.0117. The van der Waals surface area contributed by atoms with Crippen LogP contribution in [0, 0.1) is 0 Å². The Kier molecular flexibility index (Phi) is 4.43. The predicted molar refractivity (Wildman–Crippen MR) is 85.2 cm³/mol. The molecule has 0 heterocycles. The van der Waals surface area contributed by atoms with Crippen LogP contribution in [0.1, 0.15) is 70.4 Å². The zero-order chi connectivity index (χ0) is 14.8. The molecule has 0 saturated heterocycles. The van der Waals surface area contributed by atoms with Crippen LogP contribution in [0.25, 0.3) is 0 Å². The minimum absolute atomic E-state index is 0.0117. The average Bonchev–Trinajstić information content (AvgIpc) is 2.48. The van der Waals surface area contributed by atoms with Gasteiger partial charge in [-0.1, -0.05) is 52.2 Å². The summed E-state index contributed by atoms with van der Waals surface area (Å²) in [6.45, 7) is 7.38. The van der Waals surface area contributed by atoms with Gasteiger partial charge in [-0.05, 0) is 36.3 Å². The lowest BCUT2D eigenvalue weighted by atomic mass is 9.68. The van der Waals surface area contributed by atoms with Gasteiger partial charge in [0.05, 0.1) is 0 Å². The summed E-state index contributed by atoms with van der Waals surface area (Å²) in [4.78, 5) is 0. The maximum Gasteiger partial charge on any atom is 0.119 e. The van der Waals surface area contributed by atoms with Crippen molar-refractivity contribution in [2.45, 2.75) is 70.1 Å². The smallest absolute Gasteiger partial charge is 0.119 e. The molecule has 0 amide bonds. The molecule has 1 aliphatic carbocycles. The van der Waals surface area contributed by atoms with Crippen molar-refractivity contribution in [3.05, 3.63) is 29.3 Å². The van der Waals surface area contributed by atoms with E-state index in [4.69, 9.17) is 5.73 Å². The van der Waals surface area contributed by atoms with Crippen LogP contribution in [0.2, 0.25) is 0 Å². The first kappa shape index (κ1) is 15.4. The molecule has 0 aliphatic heterocycles. The SMILES string of the molecule is CCC(C)(C)c1ccc(O)c(C2(CN)CCCCC2)c1. The lowest BCUT2D eigenvalue weighted by molar-refractivity contribution is 0.290. The number of rotatable bonds is 4. The Bertz CT molecular complexity index is 458. The number of hydrogen-bond donors (Lipinski definition) is 2. The Morgan fingerprint density at radius 3 is 2.40 bits per heavy atom. The average molecular weight is 275 g/mol. The summed E-state index contributed by atoms with van der Waals surface area (Å²) in [7, 11) is 0. The summed E-state index contributed by atoms with van der Waals surface area (Å²) in [6.07, 6.45) is 7.03. The van der Waals surface area contributed by atoms with Crippen molar-refractivity contribution in [1.82, 2.24) is 0 Å². The zero-order valence-corrected chi connectivity index (χ0v) is 13.2. The van der Waals surface area contributed by atoms with E-state index in [0.717, 1.165) is 24.8 Å². The van der Waals surface area contributed by atoms with Gasteiger partial charge >= 0.3 is 0 Å². The standard InChI is InChI=1S/C18H29NO/c1-4-17(2,3)14-8-9-16(20)15(12-14)18(13-19)10-6-5-7-11-18/h8-9,12,20H,4-7,10-11,13,19H2,1-3H3. The normalized spacial score (nSPS) is 19.0. The second-order valence-electron chi connectivity index (χ2n) is 7.01. The van der Waals surface area contributed by atoms with Gasteiger partial charge in [-0.25, -0.2) is 0 Å². The third kappa shape index (κ3) is 2.71. The molecule has 1 aromatic carbocycles. The Morgan fingerprint density at radius 1 is 1.20 bits per heavy atom. The van der Waals surface area contributed by atoms with Crippen LogP contribution < -0.4 is 5.73 Å². The first-order valence-corrected chi connectivity index (χ1v) is 7.99. The molecule has 3 N–H and O–H groups in total. The Hall–Kier alpha value is -1.02. The summed E-state index contributed by atoms with van der Waals surface area (Å²) >= 11 is 0. The highest BCUT2D eigenvalue weighted by Crippen LogP contribution is 2.44. The fourth-order valence-electron chi connectivity index (χ4n) is 3.40. The van der Waals surface area contributed by atoms with Crippen LogP contribution in [-0.2, 0) is 10.8 Å². The van der Waals surface area contributed by atoms with Gasteiger partial charge in [0.2, 0.25) is 0 Å². The molecule has 1 aromatic rings. The zero-order valence-electron chi connectivity index (χ0n) is 13.2. The highest BCUT2D eigenvalue weighted by molar-refractivity contribution is 5.44. The molecule has 1 saturated carbocycles. The molecular formula is C18H29NO. The van der Waals surface area contributed by atoms with Crippen LogP contribution in [0.5, 0.6) is 5.75 Å². The molecule has 2 heteroatoms. The topological polar surface area (TPSA) is 46.2 Å². The summed E-state index contributed by atoms with van der Waals surface area (Å²) < 4.78 is 0. The molecule has 2 rings (SSSR count). The number of phenolic OH excluding ortho intramolecular Hbond substituents is 1. The van der Waals surface area contributed by atoms with Crippen molar-refractivity contribution in [1.29, 1.82) is 0 Å². The summed E-state index contributed by atoms with van der Waals surface area (Å²) in [5, 5.41) is 10.4. The van der Waals surface area contributed by atoms with Gasteiger partial charge < -0.3 is 10.8 Å². The van der Waals surface area contributed by atoms with E-state index >= 15 is 0 Å². The maximum atomic E-state index is 10.4.